The molecule has 0 unspecified atom stereocenters. The third-order valence-corrected chi connectivity index (χ3v) is 3.15. The number of aromatic nitrogens is 2. The Morgan fingerprint density at radius 2 is 2.05 bits per heavy atom. The summed E-state index contributed by atoms with van der Waals surface area (Å²) in [7, 11) is 0. The molecule has 1 aromatic carbocycles. The second-order valence-electron chi connectivity index (χ2n) is 5.02. The largest absolute Gasteiger partial charge is 0.478 e. The van der Waals surface area contributed by atoms with Crippen LogP contribution in [-0.4, -0.2) is 26.8 Å². The van der Waals surface area contributed by atoms with Crippen molar-refractivity contribution in [2.75, 3.05) is 5.32 Å². The van der Waals surface area contributed by atoms with E-state index in [0.29, 0.717) is 11.3 Å². The number of aromatic carboxylic acids is 1. The van der Waals surface area contributed by atoms with E-state index >= 15 is 0 Å². The predicted octanol–water partition coefficient (Wildman–Crippen LogP) is 2.72. The highest BCUT2D eigenvalue weighted by atomic mass is 16.4. The quantitative estimate of drug-likeness (QED) is 0.905. The van der Waals surface area contributed by atoms with Gasteiger partial charge >= 0.3 is 5.97 Å². The van der Waals surface area contributed by atoms with Crippen LogP contribution in [0.2, 0.25) is 0 Å². The molecule has 6 nitrogen and oxygen atoms in total. The predicted molar refractivity (Wildman–Crippen MR) is 78.7 cm³/mol. The molecule has 110 valence electrons. The lowest BCUT2D eigenvalue weighted by atomic mass is 10.2. The average molecular weight is 287 g/mol. The molecule has 0 saturated carbocycles. The highest BCUT2D eigenvalue weighted by molar-refractivity contribution is 6.05. The van der Waals surface area contributed by atoms with Crippen molar-refractivity contribution in [2.24, 2.45) is 0 Å². The molecule has 0 radical (unpaired) electrons. The Bertz CT molecular complexity index is 689. The van der Waals surface area contributed by atoms with Crippen molar-refractivity contribution in [3.63, 3.8) is 0 Å². The number of amides is 1. The maximum absolute atomic E-state index is 12.2. The summed E-state index contributed by atoms with van der Waals surface area (Å²) in [5, 5.41) is 15.8. The van der Waals surface area contributed by atoms with Gasteiger partial charge in [0.2, 0.25) is 0 Å². The molecule has 0 aliphatic heterocycles. The van der Waals surface area contributed by atoms with Crippen molar-refractivity contribution < 1.29 is 14.7 Å². The first-order valence-electron chi connectivity index (χ1n) is 6.59. The summed E-state index contributed by atoms with van der Waals surface area (Å²) in [6.07, 6.45) is 1.52. The molecule has 6 heteroatoms. The van der Waals surface area contributed by atoms with E-state index in [4.69, 9.17) is 5.11 Å². The lowest BCUT2D eigenvalue weighted by Gasteiger charge is -2.09. The standard InChI is InChI=1S/C15H17N3O3/c1-9(2)18-10(3)13(8-16-18)14(19)17-12-6-4-5-11(7-12)15(20)21/h4-9H,1-3H3,(H,17,19)(H,20,21). The molecule has 1 heterocycles. The van der Waals surface area contributed by atoms with Crippen LogP contribution in [0.3, 0.4) is 0 Å². The van der Waals surface area contributed by atoms with Crippen molar-refractivity contribution in [1.82, 2.24) is 9.78 Å². The van der Waals surface area contributed by atoms with E-state index in [1.807, 2.05) is 20.8 Å². The number of carboxylic acid groups (broad SMARTS) is 1. The van der Waals surface area contributed by atoms with E-state index in [1.165, 1.54) is 18.3 Å². The van der Waals surface area contributed by atoms with Crippen LogP contribution in [-0.2, 0) is 0 Å². The first kappa shape index (κ1) is 14.8. The van der Waals surface area contributed by atoms with Gasteiger partial charge in [-0.2, -0.15) is 5.10 Å². The second-order valence-corrected chi connectivity index (χ2v) is 5.02. The number of nitrogens with zero attached hydrogens (tertiary/aromatic N) is 2. The number of carbonyl (C=O) groups is 2. The molecule has 2 N–H and O–H groups in total. The number of hydrogen-bond donors (Lipinski definition) is 2. The number of nitrogens with one attached hydrogen (secondary N) is 1. The van der Waals surface area contributed by atoms with Gasteiger partial charge in [-0.25, -0.2) is 4.79 Å². The van der Waals surface area contributed by atoms with E-state index in [9.17, 15) is 9.59 Å². The number of carbonyl (C=O) groups excluding carboxylic acids is 1. The Kier molecular flexibility index (Phi) is 4.07. The molecule has 1 amide bonds. The van der Waals surface area contributed by atoms with Crippen LogP contribution >= 0.6 is 0 Å². The number of carboxylic acids is 1. The lowest BCUT2D eigenvalue weighted by Crippen LogP contribution is -2.14. The monoisotopic (exact) mass is 287 g/mol. The minimum Gasteiger partial charge on any atom is -0.478 e. The maximum Gasteiger partial charge on any atom is 0.335 e. The molecule has 0 aliphatic carbocycles. The van der Waals surface area contributed by atoms with Crippen molar-refractivity contribution in [3.8, 4) is 0 Å². The van der Waals surface area contributed by atoms with Gasteiger partial charge in [-0.3, -0.25) is 9.48 Å². The Balaban J connectivity index is 2.22. The van der Waals surface area contributed by atoms with Crippen LogP contribution in [0.25, 0.3) is 0 Å². The van der Waals surface area contributed by atoms with Crippen molar-refractivity contribution in [1.29, 1.82) is 0 Å². The van der Waals surface area contributed by atoms with Gasteiger partial charge < -0.3 is 10.4 Å². The fourth-order valence-corrected chi connectivity index (χ4v) is 2.10. The molecule has 2 rings (SSSR count). The highest BCUT2D eigenvalue weighted by Gasteiger charge is 2.16. The van der Waals surface area contributed by atoms with Crippen LogP contribution in [0.5, 0.6) is 0 Å². The van der Waals surface area contributed by atoms with E-state index < -0.39 is 5.97 Å². The molecule has 0 spiro atoms. The summed E-state index contributed by atoms with van der Waals surface area (Å²) >= 11 is 0. The first-order chi connectivity index (χ1) is 9.90. The molecule has 1 aromatic heterocycles. The summed E-state index contributed by atoms with van der Waals surface area (Å²) in [6, 6.07) is 6.29. The lowest BCUT2D eigenvalue weighted by molar-refractivity contribution is 0.0696. The molecular formula is C15H17N3O3. The minimum absolute atomic E-state index is 0.127. The Morgan fingerprint density at radius 3 is 2.62 bits per heavy atom. The summed E-state index contributed by atoms with van der Waals surface area (Å²) < 4.78 is 1.77. The normalized spacial score (nSPS) is 10.7. The number of rotatable bonds is 4. The third kappa shape index (κ3) is 3.10. The van der Waals surface area contributed by atoms with Gasteiger partial charge in [0.25, 0.3) is 5.91 Å². The van der Waals surface area contributed by atoms with Crippen LogP contribution < -0.4 is 5.32 Å². The van der Waals surface area contributed by atoms with Crippen molar-refractivity contribution in [3.05, 3.63) is 47.3 Å². The third-order valence-electron chi connectivity index (χ3n) is 3.15. The van der Waals surface area contributed by atoms with Crippen LogP contribution in [0.4, 0.5) is 5.69 Å². The molecule has 0 atom stereocenters. The SMILES string of the molecule is Cc1c(C(=O)Nc2cccc(C(=O)O)c2)cnn1C(C)C. The van der Waals surface area contributed by atoms with Gasteiger partial charge in [-0.1, -0.05) is 6.07 Å². The number of anilines is 1. The zero-order valence-electron chi connectivity index (χ0n) is 12.1. The van der Waals surface area contributed by atoms with Crippen LogP contribution in [0.1, 0.15) is 46.3 Å². The molecule has 0 bridgehead atoms. The van der Waals surface area contributed by atoms with Crippen molar-refractivity contribution >= 4 is 17.6 Å². The van der Waals surface area contributed by atoms with Gasteiger partial charge in [0.1, 0.15) is 0 Å². The number of hydrogen-bond acceptors (Lipinski definition) is 3. The van der Waals surface area contributed by atoms with Gasteiger partial charge in [-0.15, -0.1) is 0 Å². The van der Waals surface area contributed by atoms with E-state index in [-0.39, 0.29) is 17.5 Å². The average Bonchev–Trinajstić information content (AvgIpc) is 2.81. The van der Waals surface area contributed by atoms with Crippen LogP contribution in [0, 0.1) is 6.92 Å². The molecule has 0 fully saturated rings. The van der Waals surface area contributed by atoms with Gasteiger partial charge in [0.05, 0.1) is 17.3 Å². The topological polar surface area (TPSA) is 84.2 Å². The fourth-order valence-electron chi connectivity index (χ4n) is 2.10. The number of benzene rings is 1. The Morgan fingerprint density at radius 1 is 1.33 bits per heavy atom. The molecule has 2 aromatic rings. The molecule has 0 saturated heterocycles. The smallest absolute Gasteiger partial charge is 0.335 e. The van der Waals surface area contributed by atoms with Crippen LogP contribution in [0.15, 0.2) is 30.5 Å². The van der Waals surface area contributed by atoms with E-state index in [0.717, 1.165) is 5.69 Å². The van der Waals surface area contributed by atoms with E-state index in [1.54, 1.807) is 16.8 Å². The summed E-state index contributed by atoms with van der Waals surface area (Å²) in [5.41, 5.74) is 1.82. The summed E-state index contributed by atoms with van der Waals surface area (Å²) in [4.78, 5) is 23.2. The Hall–Kier alpha value is -2.63. The minimum atomic E-state index is -1.03. The molecule has 21 heavy (non-hydrogen) atoms. The molecular weight excluding hydrogens is 270 g/mol. The zero-order chi connectivity index (χ0) is 15.6. The summed E-state index contributed by atoms with van der Waals surface area (Å²) in [6.45, 7) is 5.80. The zero-order valence-corrected chi connectivity index (χ0v) is 12.1. The van der Waals surface area contributed by atoms with Gasteiger partial charge in [0.15, 0.2) is 0 Å². The first-order valence-corrected chi connectivity index (χ1v) is 6.59. The molecule has 0 aliphatic rings. The second kappa shape index (κ2) is 5.78. The van der Waals surface area contributed by atoms with E-state index in [2.05, 4.69) is 10.4 Å². The maximum atomic E-state index is 12.2. The Labute approximate surface area is 122 Å². The fraction of sp³-hybridized carbons (Fsp3) is 0.267. The van der Waals surface area contributed by atoms with Gasteiger partial charge in [0, 0.05) is 17.4 Å². The summed E-state index contributed by atoms with van der Waals surface area (Å²) in [5.74, 6) is -1.34. The van der Waals surface area contributed by atoms with Gasteiger partial charge in [-0.05, 0) is 39.0 Å². The highest BCUT2D eigenvalue weighted by Crippen LogP contribution is 2.16. The van der Waals surface area contributed by atoms with Crippen molar-refractivity contribution in [2.45, 2.75) is 26.8 Å².